The fourth-order valence-corrected chi connectivity index (χ4v) is 4.80. The lowest BCUT2D eigenvalue weighted by Crippen LogP contribution is -2.36. The minimum absolute atomic E-state index is 0.0129. The van der Waals surface area contributed by atoms with Crippen molar-refractivity contribution >= 4 is 11.6 Å². The van der Waals surface area contributed by atoms with Crippen LogP contribution >= 0.6 is 0 Å². The third kappa shape index (κ3) is 4.96. The van der Waals surface area contributed by atoms with E-state index in [1.807, 2.05) is 31.2 Å². The molecule has 0 spiro atoms. The highest BCUT2D eigenvalue weighted by molar-refractivity contribution is 5.92. The van der Waals surface area contributed by atoms with E-state index in [1.54, 1.807) is 0 Å². The lowest BCUT2D eigenvalue weighted by atomic mass is 10.0. The van der Waals surface area contributed by atoms with Gasteiger partial charge in [-0.2, -0.15) is 0 Å². The summed E-state index contributed by atoms with van der Waals surface area (Å²) in [5, 5.41) is 11.5. The SMILES string of the molecule is Cc1nnc2n1-c1ccc(NC(=O)CN3CCCN(Cc4ccc(F)cc4)CC3)cc1CC2. The molecule has 0 bridgehead atoms. The van der Waals surface area contributed by atoms with E-state index in [0.717, 1.165) is 80.6 Å². The van der Waals surface area contributed by atoms with Crippen LogP contribution in [0.25, 0.3) is 5.69 Å². The van der Waals surface area contributed by atoms with Gasteiger partial charge in [0, 0.05) is 31.7 Å². The van der Waals surface area contributed by atoms with Gasteiger partial charge < -0.3 is 5.32 Å². The van der Waals surface area contributed by atoms with E-state index in [4.69, 9.17) is 0 Å². The van der Waals surface area contributed by atoms with Crippen molar-refractivity contribution in [3.8, 4) is 5.69 Å². The Bertz CT molecular complexity index is 1140. The van der Waals surface area contributed by atoms with Crippen molar-refractivity contribution < 1.29 is 9.18 Å². The van der Waals surface area contributed by atoms with Gasteiger partial charge in [-0.1, -0.05) is 12.1 Å². The number of nitrogens with one attached hydrogen (secondary N) is 1. The Morgan fingerprint density at radius 1 is 1.00 bits per heavy atom. The van der Waals surface area contributed by atoms with Crippen molar-refractivity contribution in [2.75, 3.05) is 38.0 Å². The van der Waals surface area contributed by atoms with Crippen molar-refractivity contribution in [2.24, 2.45) is 0 Å². The summed E-state index contributed by atoms with van der Waals surface area (Å²) < 4.78 is 15.2. The van der Waals surface area contributed by atoms with Crippen LogP contribution < -0.4 is 5.32 Å². The quantitative estimate of drug-likeness (QED) is 0.650. The second kappa shape index (κ2) is 9.41. The Morgan fingerprint density at radius 2 is 1.79 bits per heavy atom. The van der Waals surface area contributed by atoms with Crippen LogP contribution in [-0.4, -0.2) is 63.2 Å². The standard InChI is InChI=1S/C25H29FN6O/c1-18-28-29-24-10-5-20-15-22(8-9-23(20)32(18)24)27-25(33)17-31-12-2-11-30(13-14-31)16-19-3-6-21(26)7-4-19/h3-4,6-9,15H,2,5,10-14,16-17H2,1H3,(H,27,33). The van der Waals surface area contributed by atoms with Gasteiger partial charge in [0.1, 0.15) is 17.5 Å². The summed E-state index contributed by atoms with van der Waals surface area (Å²) in [6, 6.07) is 12.8. The highest BCUT2D eigenvalue weighted by atomic mass is 19.1. The maximum atomic E-state index is 13.1. The number of fused-ring (bicyclic) bond motifs is 3. The van der Waals surface area contributed by atoms with Gasteiger partial charge >= 0.3 is 0 Å². The normalized spacial score (nSPS) is 16.7. The summed E-state index contributed by atoms with van der Waals surface area (Å²) in [6.45, 7) is 6.76. The number of aryl methyl sites for hydroxylation is 3. The topological polar surface area (TPSA) is 66.3 Å². The highest BCUT2D eigenvalue weighted by Crippen LogP contribution is 2.27. The second-order valence-electron chi connectivity index (χ2n) is 8.92. The molecule has 2 aliphatic rings. The molecule has 1 amide bonds. The molecule has 8 heteroatoms. The molecular weight excluding hydrogens is 419 g/mol. The van der Waals surface area contributed by atoms with E-state index in [1.165, 1.54) is 17.7 Å². The summed E-state index contributed by atoms with van der Waals surface area (Å²) in [5.74, 6) is 1.69. The molecule has 172 valence electrons. The predicted octanol–water partition coefficient (Wildman–Crippen LogP) is 2.96. The molecule has 2 aromatic carbocycles. The number of anilines is 1. The molecule has 0 atom stereocenters. The fourth-order valence-electron chi connectivity index (χ4n) is 4.80. The van der Waals surface area contributed by atoms with Gasteiger partial charge in [-0.15, -0.1) is 10.2 Å². The summed E-state index contributed by atoms with van der Waals surface area (Å²) in [6.07, 6.45) is 2.76. The molecule has 1 saturated heterocycles. The molecule has 2 aliphatic heterocycles. The zero-order valence-electron chi connectivity index (χ0n) is 18.9. The third-order valence-corrected chi connectivity index (χ3v) is 6.48. The zero-order valence-corrected chi connectivity index (χ0v) is 18.9. The first kappa shape index (κ1) is 21.7. The minimum Gasteiger partial charge on any atom is -0.325 e. The van der Waals surface area contributed by atoms with E-state index < -0.39 is 0 Å². The lowest BCUT2D eigenvalue weighted by molar-refractivity contribution is -0.117. The van der Waals surface area contributed by atoms with Crippen LogP contribution in [0.4, 0.5) is 10.1 Å². The molecule has 3 aromatic rings. The number of hydrogen-bond donors (Lipinski definition) is 1. The summed E-state index contributed by atoms with van der Waals surface area (Å²) in [4.78, 5) is 17.3. The van der Waals surface area contributed by atoms with Crippen molar-refractivity contribution in [2.45, 2.75) is 32.7 Å². The van der Waals surface area contributed by atoms with E-state index >= 15 is 0 Å². The molecule has 33 heavy (non-hydrogen) atoms. The van der Waals surface area contributed by atoms with Crippen molar-refractivity contribution in [1.82, 2.24) is 24.6 Å². The molecule has 0 aliphatic carbocycles. The Hall–Kier alpha value is -3.10. The molecule has 1 fully saturated rings. The number of nitrogens with zero attached hydrogens (tertiary/aromatic N) is 5. The first-order valence-corrected chi connectivity index (χ1v) is 11.6. The number of halogens is 1. The van der Waals surface area contributed by atoms with E-state index in [9.17, 15) is 9.18 Å². The van der Waals surface area contributed by atoms with Gasteiger partial charge in [0.15, 0.2) is 0 Å². The average molecular weight is 449 g/mol. The summed E-state index contributed by atoms with van der Waals surface area (Å²) in [7, 11) is 0. The van der Waals surface area contributed by atoms with Crippen LogP contribution in [0.5, 0.6) is 0 Å². The largest absolute Gasteiger partial charge is 0.325 e. The zero-order chi connectivity index (χ0) is 22.8. The molecular formula is C25H29FN6O. The van der Waals surface area contributed by atoms with E-state index in [0.29, 0.717) is 6.54 Å². The Balaban J connectivity index is 1.15. The molecule has 0 unspecified atom stereocenters. The van der Waals surface area contributed by atoms with Gasteiger partial charge in [0.25, 0.3) is 0 Å². The Labute approximate surface area is 193 Å². The number of rotatable bonds is 5. The van der Waals surface area contributed by atoms with Gasteiger partial charge in [-0.05, 0) is 74.3 Å². The number of aromatic nitrogens is 3. The van der Waals surface area contributed by atoms with Gasteiger partial charge in [-0.3, -0.25) is 19.2 Å². The van der Waals surface area contributed by atoms with Crippen molar-refractivity contribution in [3.63, 3.8) is 0 Å². The van der Waals surface area contributed by atoms with Crippen molar-refractivity contribution in [3.05, 3.63) is 71.1 Å². The maximum Gasteiger partial charge on any atom is 0.238 e. The number of benzene rings is 2. The average Bonchev–Trinajstić information content (AvgIpc) is 3.05. The number of carbonyl (C=O) groups excluding carboxylic acids is 1. The van der Waals surface area contributed by atoms with Crippen LogP contribution in [0.3, 0.4) is 0 Å². The first-order chi connectivity index (χ1) is 16.0. The Kier molecular flexibility index (Phi) is 6.20. The smallest absolute Gasteiger partial charge is 0.238 e. The van der Waals surface area contributed by atoms with Crippen LogP contribution in [0.15, 0.2) is 42.5 Å². The van der Waals surface area contributed by atoms with Crippen LogP contribution in [0, 0.1) is 12.7 Å². The van der Waals surface area contributed by atoms with Crippen LogP contribution in [0.2, 0.25) is 0 Å². The van der Waals surface area contributed by atoms with Crippen LogP contribution in [-0.2, 0) is 24.2 Å². The summed E-state index contributed by atoms with van der Waals surface area (Å²) in [5.41, 5.74) is 4.25. The van der Waals surface area contributed by atoms with E-state index in [2.05, 4.69) is 35.9 Å². The maximum absolute atomic E-state index is 13.1. The van der Waals surface area contributed by atoms with Gasteiger partial charge in [-0.25, -0.2) is 4.39 Å². The predicted molar refractivity (Wildman–Crippen MR) is 125 cm³/mol. The molecule has 1 N–H and O–H groups in total. The van der Waals surface area contributed by atoms with Gasteiger partial charge in [0.05, 0.1) is 12.2 Å². The first-order valence-electron chi connectivity index (χ1n) is 11.6. The fraction of sp³-hybridized carbons (Fsp3) is 0.400. The third-order valence-electron chi connectivity index (χ3n) is 6.48. The number of amides is 1. The van der Waals surface area contributed by atoms with Crippen molar-refractivity contribution in [1.29, 1.82) is 0 Å². The van der Waals surface area contributed by atoms with E-state index in [-0.39, 0.29) is 11.7 Å². The lowest BCUT2D eigenvalue weighted by Gasteiger charge is -2.22. The molecule has 0 radical (unpaired) electrons. The minimum atomic E-state index is -0.204. The highest BCUT2D eigenvalue weighted by Gasteiger charge is 2.21. The number of hydrogen-bond acceptors (Lipinski definition) is 5. The monoisotopic (exact) mass is 448 g/mol. The molecule has 7 nitrogen and oxygen atoms in total. The number of carbonyl (C=O) groups is 1. The molecule has 5 rings (SSSR count). The van der Waals surface area contributed by atoms with Crippen LogP contribution in [0.1, 0.15) is 29.2 Å². The summed E-state index contributed by atoms with van der Waals surface area (Å²) >= 11 is 0. The van der Waals surface area contributed by atoms with Gasteiger partial charge in [0.2, 0.25) is 5.91 Å². The molecule has 0 saturated carbocycles. The molecule has 1 aromatic heterocycles. The molecule has 3 heterocycles. The second-order valence-corrected chi connectivity index (χ2v) is 8.92. The Morgan fingerprint density at radius 3 is 2.64 bits per heavy atom.